The van der Waals surface area contributed by atoms with Crippen molar-refractivity contribution in [3.63, 3.8) is 0 Å². The summed E-state index contributed by atoms with van der Waals surface area (Å²) < 4.78 is 7.94. The zero-order chi connectivity index (χ0) is 17.8. The largest absolute Gasteiger partial charge is 0.471 e. The number of likely N-dealkylation sites (tertiary alicyclic amines) is 1. The first-order valence-electron chi connectivity index (χ1n) is 8.48. The van der Waals surface area contributed by atoms with E-state index in [1.54, 1.807) is 29.7 Å². The van der Waals surface area contributed by atoms with Gasteiger partial charge in [0.1, 0.15) is 6.10 Å². The molecular weight excluding hydrogens is 368 g/mol. The van der Waals surface area contributed by atoms with Crippen LogP contribution >= 0.6 is 23.1 Å². The quantitative estimate of drug-likeness (QED) is 0.627. The Balaban J connectivity index is 1.32. The molecule has 0 N–H and O–H groups in total. The summed E-state index contributed by atoms with van der Waals surface area (Å²) in [6.45, 7) is 1.37. The highest BCUT2D eigenvalue weighted by Gasteiger charge is 2.25. The van der Waals surface area contributed by atoms with Gasteiger partial charge in [0.05, 0.1) is 22.5 Å². The highest BCUT2D eigenvalue weighted by molar-refractivity contribution is 8.01. The Morgan fingerprint density at radius 3 is 3.08 bits per heavy atom. The third-order valence-corrected chi connectivity index (χ3v) is 6.32. The molecule has 1 aliphatic heterocycles. The Morgan fingerprint density at radius 1 is 1.31 bits per heavy atom. The van der Waals surface area contributed by atoms with Crippen molar-refractivity contribution < 1.29 is 9.53 Å². The van der Waals surface area contributed by atoms with Gasteiger partial charge in [0, 0.05) is 18.8 Å². The molecule has 0 radical (unpaired) electrons. The van der Waals surface area contributed by atoms with Crippen LogP contribution in [0.1, 0.15) is 12.8 Å². The number of piperidine rings is 1. The molecule has 0 aliphatic carbocycles. The van der Waals surface area contributed by atoms with Crippen molar-refractivity contribution in [1.82, 2.24) is 20.1 Å². The van der Waals surface area contributed by atoms with E-state index in [9.17, 15) is 4.79 Å². The van der Waals surface area contributed by atoms with Gasteiger partial charge in [-0.3, -0.25) is 4.79 Å². The zero-order valence-corrected chi connectivity index (χ0v) is 15.7. The van der Waals surface area contributed by atoms with Crippen LogP contribution in [0, 0.1) is 0 Å². The Kier molecular flexibility index (Phi) is 5.31. The molecule has 3 aromatic rings. The Hall–Kier alpha value is -2.19. The van der Waals surface area contributed by atoms with E-state index in [-0.39, 0.29) is 12.0 Å². The molecule has 1 unspecified atom stereocenters. The molecule has 0 spiro atoms. The predicted octanol–water partition coefficient (Wildman–Crippen LogP) is 3.25. The molecule has 26 heavy (non-hydrogen) atoms. The number of ether oxygens (including phenoxy) is 1. The normalized spacial score (nSPS) is 17.4. The number of rotatable bonds is 5. The first-order chi connectivity index (χ1) is 12.8. The first-order valence-corrected chi connectivity index (χ1v) is 10.3. The highest BCUT2D eigenvalue weighted by Crippen LogP contribution is 2.29. The number of thioether (sulfide) groups is 1. The van der Waals surface area contributed by atoms with Gasteiger partial charge in [0.25, 0.3) is 0 Å². The van der Waals surface area contributed by atoms with Gasteiger partial charge in [-0.2, -0.15) is 5.10 Å². The average Bonchev–Trinajstić information content (AvgIpc) is 3.10. The van der Waals surface area contributed by atoms with Gasteiger partial charge in [-0.1, -0.05) is 23.9 Å². The molecule has 4 rings (SSSR count). The SMILES string of the molecule is O=C(CSc1nc2ccccc2s1)N1CCCC(Oc2cccnn2)C1. The van der Waals surface area contributed by atoms with Crippen LogP contribution in [0.4, 0.5) is 0 Å². The number of amides is 1. The molecule has 8 heteroatoms. The molecule has 3 heterocycles. The standard InChI is InChI=1S/C18H18N4O2S2/c23-17(12-25-18-20-14-6-1-2-7-15(14)26-18)22-10-4-5-13(11-22)24-16-8-3-9-19-21-16/h1-3,6-9,13H,4-5,10-12H2. The summed E-state index contributed by atoms with van der Waals surface area (Å²) in [4.78, 5) is 19.0. The van der Waals surface area contributed by atoms with Gasteiger partial charge in [-0.05, 0) is 31.0 Å². The molecule has 1 aliphatic rings. The monoisotopic (exact) mass is 386 g/mol. The Labute approximate surface area is 159 Å². The molecular formula is C18H18N4O2S2. The summed E-state index contributed by atoms with van der Waals surface area (Å²) in [6, 6.07) is 11.6. The van der Waals surface area contributed by atoms with Crippen molar-refractivity contribution in [2.24, 2.45) is 0 Å². The Morgan fingerprint density at radius 2 is 2.23 bits per heavy atom. The molecule has 0 saturated carbocycles. The van der Waals surface area contributed by atoms with Crippen LogP contribution in [0.25, 0.3) is 10.2 Å². The van der Waals surface area contributed by atoms with Gasteiger partial charge in [0.15, 0.2) is 4.34 Å². The van der Waals surface area contributed by atoms with Crippen LogP contribution in [0.3, 0.4) is 0 Å². The van der Waals surface area contributed by atoms with Crippen molar-refractivity contribution in [2.75, 3.05) is 18.8 Å². The van der Waals surface area contributed by atoms with Crippen molar-refractivity contribution in [1.29, 1.82) is 0 Å². The van der Waals surface area contributed by atoms with Crippen LogP contribution in [0.15, 0.2) is 46.9 Å². The molecule has 1 atom stereocenters. The fraction of sp³-hybridized carbons (Fsp3) is 0.333. The fourth-order valence-corrected chi connectivity index (χ4v) is 4.88. The molecule has 6 nitrogen and oxygen atoms in total. The van der Waals surface area contributed by atoms with E-state index in [4.69, 9.17) is 4.74 Å². The van der Waals surface area contributed by atoms with Gasteiger partial charge in [-0.25, -0.2) is 4.98 Å². The summed E-state index contributed by atoms with van der Waals surface area (Å²) in [7, 11) is 0. The number of para-hydroxylation sites is 1. The van der Waals surface area contributed by atoms with E-state index in [0.29, 0.717) is 18.2 Å². The number of nitrogens with zero attached hydrogens (tertiary/aromatic N) is 4. The lowest BCUT2D eigenvalue weighted by Gasteiger charge is -2.32. The molecule has 134 valence electrons. The zero-order valence-electron chi connectivity index (χ0n) is 14.1. The summed E-state index contributed by atoms with van der Waals surface area (Å²) in [5.74, 6) is 1.04. The van der Waals surface area contributed by atoms with Crippen LogP contribution in [0.5, 0.6) is 5.88 Å². The summed E-state index contributed by atoms with van der Waals surface area (Å²) in [6.07, 6.45) is 3.44. The summed E-state index contributed by atoms with van der Waals surface area (Å²) in [5.41, 5.74) is 0.989. The van der Waals surface area contributed by atoms with Crippen molar-refractivity contribution in [2.45, 2.75) is 23.3 Å². The number of hydrogen-bond donors (Lipinski definition) is 0. The van der Waals surface area contributed by atoms with E-state index < -0.39 is 0 Å². The number of carbonyl (C=O) groups is 1. The predicted molar refractivity (Wildman–Crippen MR) is 103 cm³/mol. The maximum atomic E-state index is 12.6. The molecule has 2 aromatic heterocycles. The van der Waals surface area contributed by atoms with E-state index in [1.165, 1.54) is 11.8 Å². The summed E-state index contributed by atoms with van der Waals surface area (Å²) in [5, 5.41) is 7.77. The lowest BCUT2D eigenvalue weighted by Crippen LogP contribution is -2.45. The molecule has 1 saturated heterocycles. The minimum absolute atomic E-state index is 0.0307. The maximum absolute atomic E-state index is 12.6. The molecule has 0 bridgehead atoms. The number of hydrogen-bond acceptors (Lipinski definition) is 7. The topological polar surface area (TPSA) is 68.2 Å². The minimum Gasteiger partial charge on any atom is -0.471 e. The van der Waals surface area contributed by atoms with Gasteiger partial charge in [-0.15, -0.1) is 16.4 Å². The number of aromatic nitrogens is 3. The van der Waals surface area contributed by atoms with Crippen LogP contribution in [-0.2, 0) is 4.79 Å². The van der Waals surface area contributed by atoms with Gasteiger partial charge < -0.3 is 9.64 Å². The maximum Gasteiger partial charge on any atom is 0.233 e. The van der Waals surface area contributed by atoms with E-state index in [1.807, 2.05) is 23.1 Å². The number of thiazole rings is 1. The van der Waals surface area contributed by atoms with Gasteiger partial charge >= 0.3 is 0 Å². The van der Waals surface area contributed by atoms with Crippen LogP contribution in [0.2, 0.25) is 0 Å². The average molecular weight is 387 g/mol. The summed E-state index contributed by atoms with van der Waals surface area (Å²) >= 11 is 3.14. The Bertz CT molecular complexity index is 854. The van der Waals surface area contributed by atoms with Crippen molar-refractivity contribution >= 4 is 39.2 Å². The number of benzene rings is 1. The lowest BCUT2D eigenvalue weighted by atomic mass is 10.1. The van der Waals surface area contributed by atoms with E-state index in [0.717, 1.165) is 33.9 Å². The third kappa shape index (κ3) is 4.13. The van der Waals surface area contributed by atoms with Gasteiger partial charge in [0.2, 0.25) is 11.8 Å². The lowest BCUT2D eigenvalue weighted by molar-refractivity contribution is -0.130. The number of carbonyl (C=O) groups excluding carboxylic acids is 1. The van der Waals surface area contributed by atoms with Crippen LogP contribution < -0.4 is 4.74 Å². The minimum atomic E-state index is -0.0307. The second-order valence-electron chi connectivity index (χ2n) is 6.02. The third-order valence-electron chi connectivity index (χ3n) is 4.16. The van der Waals surface area contributed by atoms with Crippen molar-refractivity contribution in [3.05, 3.63) is 42.6 Å². The molecule has 1 fully saturated rings. The van der Waals surface area contributed by atoms with Crippen LogP contribution in [-0.4, -0.2) is 50.9 Å². The van der Waals surface area contributed by atoms with Crippen molar-refractivity contribution in [3.8, 4) is 5.88 Å². The number of fused-ring (bicyclic) bond motifs is 1. The smallest absolute Gasteiger partial charge is 0.233 e. The second-order valence-corrected chi connectivity index (χ2v) is 8.27. The molecule has 1 aromatic carbocycles. The second kappa shape index (κ2) is 8.01. The molecule has 1 amide bonds. The van der Waals surface area contributed by atoms with E-state index in [2.05, 4.69) is 21.2 Å². The first kappa shape index (κ1) is 17.2. The fourth-order valence-electron chi connectivity index (χ4n) is 2.91. The van der Waals surface area contributed by atoms with E-state index >= 15 is 0 Å². The highest BCUT2D eigenvalue weighted by atomic mass is 32.2.